The molecule has 0 aliphatic heterocycles. The lowest BCUT2D eigenvalue weighted by Gasteiger charge is -2.02. The van der Waals surface area contributed by atoms with Gasteiger partial charge in [-0.1, -0.05) is 0 Å². The third-order valence-corrected chi connectivity index (χ3v) is 1.98. The van der Waals surface area contributed by atoms with E-state index in [9.17, 15) is 14.5 Å². The van der Waals surface area contributed by atoms with Crippen LogP contribution in [-0.2, 0) is 0 Å². The number of halogens is 1. The number of hydrogen-bond donors (Lipinski definition) is 2. The summed E-state index contributed by atoms with van der Waals surface area (Å²) in [6.07, 6.45) is 1.04. The molecule has 0 aliphatic carbocycles. The molecule has 0 bridgehead atoms. The van der Waals surface area contributed by atoms with Crippen LogP contribution in [0.25, 0.3) is 0 Å². The highest BCUT2D eigenvalue weighted by Gasteiger charge is 2.16. The van der Waals surface area contributed by atoms with E-state index in [2.05, 4.69) is 10.2 Å². The molecule has 0 radical (unpaired) electrons. The van der Waals surface area contributed by atoms with Crippen LogP contribution >= 0.6 is 0 Å². The van der Waals surface area contributed by atoms with Crippen molar-refractivity contribution in [3.8, 4) is 0 Å². The largest absolute Gasteiger partial charge is 0.369 e. The summed E-state index contributed by atoms with van der Waals surface area (Å²) in [5.74, 6) is -0.861. The fourth-order valence-corrected chi connectivity index (χ4v) is 1.16. The number of nitrogens with zero attached hydrogens (tertiary/aromatic N) is 3. The van der Waals surface area contributed by atoms with E-state index in [1.807, 2.05) is 0 Å². The molecule has 1 rings (SSSR count). The Morgan fingerprint density at radius 3 is 2.71 bits per heavy atom. The summed E-state index contributed by atoms with van der Waals surface area (Å²) in [6.45, 7) is 1.40. The van der Waals surface area contributed by atoms with Crippen molar-refractivity contribution in [2.24, 2.45) is 21.7 Å². The van der Waals surface area contributed by atoms with Gasteiger partial charge in [-0.2, -0.15) is 5.10 Å². The Bertz CT molecular complexity index is 508. The molecule has 17 heavy (non-hydrogen) atoms. The van der Waals surface area contributed by atoms with Gasteiger partial charge in [-0.05, 0) is 13.0 Å². The van der Waals surface area contributed by atoms with Crippen molar-refractivity contribution in [2.75, 3.05) is 0 Å². The lowest BCUT2D eigenvalue weighted by molar-refractivity contribution is -0.385. The molecule has 4 N–H and O–H groups in total. The zero-order valence-electron chi connectivity index (χ0n) is 8.92. The molecule has 0 saturated heterocycles. The third kappa shape index (κ3) is 2.97. The van der Waals surface area contributed by atoms with Gasteiger partial charge in [0.1, 0.15) is 5.82 Å². The molecule has 0 saturated carbocycles. The summed E-state index contributed by atoms with van der Waals surface area (Å²) in [6, 6.07) is 2.07. The molecule has 0 aliphatic rings. The first-order valence-electron chi connectivity index (χ1n) is 4.49. The number of guanidine groups is 1. The second-order valence-electron chi connectivity index (χ2n) is 3.13. The summed E-state index contributed by atoms with van der Waals surface area (Å²) >= 11 is 0. The molecule has 7 nitrogen and oxygen atoms in total. The summed E-state index contributed by atoms with van der Waals surface area (Å²) in [4.78, 5) is 10.1. The fraction of sp³-hybridized carbons (Fsp3) is 0.111. The average Bonchev–Trinajstić information content (AvgIpc) is 2.23. The highest BCUT2D eigenvalue weighted by atomic mass is 19.1. The van der Waals surface area contributed by atoms with Crippen molar-refractivity contribution in [3.05, 3.63) is 39.2 Å². The molecule has 0 unspecified atom stereocenters. The predicted octanol–water partition coefficient (Wildman–Crippen LogP) is 0.650. The van der Waals surface area contributed by atoms with E-state index in [1.165, 1.54) is 6.92 Å². The molecule has 0 heterocycles. The van der Waals surface area contributed by atoms with Crippen molar-refractivity contribution >= 4 is 17.9 Å². The Kier molecular flexibility index (Phi) is 3.70. The Morgan fingerprint density at radius 2 is 2.18 bits per heavy atom. The molecule has 0 atom stereocenters. The van der Waals surface area contributed by atoms with E-state index in [1.54, 1.807) is 0 Å². The van der Waals surface area contributed by atoms with Gasteiger partial charge in [0.15, 0.2) is 0 Å². The van der Waals surface area contributed by atoms with Gasteiger partial charge in [0.2, 0.25) is 5.96 Å². The Hall–Kier alpha value is -2.51. The second-order valence-corrected chi connectivity index (χ2v) is 3.13. The maximum atomic E-state index is 13.2. The summed E-state index contributed by atoms with van der Waals surface area (Å²) < 4.78 is 13.2. The fourth-order valence-electron chi connectivity index (χ4n) is 1.16. The van der Waals surface area contributed by atoms with Crippen LogP contribution in [0.5, 0.6) is 0 Å². The standard InChI is InChI=1S/C9H10FN5O2/c1-5-6(4-13-14-9(11)12)8(15(16)17)3-2-7(5)10/h2-4H,1H3,(H4,11,12,14). The predicted molar refractivity (Wildman–Crippen MR) is 61.2 cm³/mol. The van der Waals surface area contributed by atoms with Crippen LogP contribution in [0.2, 0.25) is 0 Å². The molecule has 0 aromatic heterocycles. The summed E-state index contributed by atoms with van der Waals surface area (Å²) in [7, 11) is 0. The molecule has 90 valence electrons. The molecule has 0 spiro atoms. The number of benzene rings is 1. The first-order chi connectivity index (χ1) is 7.93. The lowest BCUT2D eigenvalue weighted by atomic mass is 10.1. The summed E-state index contributed by atoms with van der Waals surface area (Å²) in [5, 5.41) is 17.4. The second kappa shape index (κ2) is 5.01. The maximum absolute atomic E-state index is 13.2. The lowest BCUT2D eigenvalue weighted by Crippen LogP contribution is -2.21. The van der Waals surface area contributed by atoms with Gasteiger partial charge in [0.25, 0.3) is 5.69 Å². The van der Waals surface area contributed by atoms with Crippen molar-refractivity contribution in [2.45, 2.75) is 6.92 Å². The van der Waals surface area contributed by atoms with Crippen molar-refractivity contribution in [1.29, 1.82) is 0 Å². The van der Waals surface area contributed by atoms with Crippen LogP contribution in [0.4, 0.5) is 10.1 Å². The van der Waals surface area contributed by atoms with E-state index >= 15 is 0 Å². The highest BCUT2D eigenvalue weighted by molar-refractivity contribution is 5.88. The molecule has 8 heteroatoms. The van der Waals surface area contributed by atoms with Crippen LogP contribution in [0.15, 0.2) is 22.3 Å². The Morgan fingerprint density at radius 1 is 1.53 bits per heavy atom. The quantitative estimate of drug-likeness (QED) is 0.348. The van der Waals surface area contributed by atoms with Crippen LogP contribution in [-0.4, -0.2) is 17.1 Å². The number of nitro groups is 1. The minimum atomic E-state index is -0.636. The number of hydrogen-bond acceptors (Lipinski definition) is 4. The Balaban J connectivity index is 3.29. The average molecular weight is 239 g/mol. The first-order valence-corrected chi connectivity index (χ1v) is 4.49. The monoisotopic (exact) mass is 239 g/mol. The van der Waals surface area contributed by atoms with Gasteiger partial charge in [0.05, 0.1) is 16.7 Å². The van der Waals surface area contributed by atoms with Crippen LogP contribution in [0, 0.1) is 22.9 Å². The zero-order valence-corrected chi connectivity index (χ0v) is 8.92. The topological polar surface area (TPSA) is 120 Å². The highest BCUT2D eigenvalue weighted by Crippen LogP contribution is 2.22. The Labute approximate surface area is 95.8 Å². The van der Waals surface area contributed by atoms with Gasteiger partial charge in [-0.25, -0.2) is 4.39 Å². The summed E-state index contributed by atoms with van der Waals surface area (Å²) in [5.41, 5.74) is 9.92. The van der Waals surface area contributed by atoms with Gasteiger partial charge in [-0.3, -0.25) is 10.1 Å². The van der Waals surface area contributed by atoms with Gasteiger partial charge in [0, 0.05) is 11.6 Å². The zero-order chi connectivity index (χ0) is 13.0. The van der Waals surface area contributed by atoms with Gasteiger partial charge >= 0.3 is 0 Å². The van der Waals surface area contributed by atoms with Crippen molar-refractivity contribution in [3.63, 3.8) is 0 Å². The smallest absolute Gasteiger partial charge is 0.278 e. The van der Waals surface area contributed by atoms with Crippen LogP contribution in [0.3, 0.4) is 0 Å². The SMILES string of the molecule is Cc1c(F)ccc([N+](=O)[O-])c1C=NN=C(N)N. The molecular formula is C9H10FN5O2. The molecule has 1 aromatic rings. The van der Waals surface area contributed by atoms with Crippen LogP contribution in [0.1, 0.15) is 11.1 Å². The first kappa shape index (κ1) is 12.6. The van der Waals surface area contributed by atoms with E-state index < -0.39 is 10.7 Å². The van der Waals surface area contributed by atoms with Crippen molar-refractivity contribution < 1.29 is 9.31 Å². The molecular weight excluding hydrogens is 229 g/mol. The van der Waals surface area contributed by atoms with Crippen molar-refractivity contribution in [1.82, 2.24) is 0 Å². The van der Waals surface area contributed by atoms with E-state index in [4.69, 9.17) is 11.5 Å². The molecule has 1 aromatic carbocycles. The van der Waals surface area contributed by atoms with E-state index in [0.29, 0.717) is 0 Å². The van der Waals surface area contributed by atoms with E-state index in [-0.39, 0.29) is 22.8 Å². The minimum Gasteiger partial charge on any atom is -0.369 e. The number of nitro benzene ring substituents is 1. The van der Waals surface area contributed by atoms with Gasteiger partial charge < -0.3 is 11.5 Å². The number of nitrogens with two attached hydrogens (primary N) is 2. The van der Waals surface area contributed by atoms with E-state index in [0.717, 1.165) is 18.3 Å². The molecule has 0 fully saturated rings. The van der Waals surface area contributed by atoms with Crippen LogP contribution < -0.4 is 11.5 Å². The number of rotatable bonds is 3. The normalized spacial score (nSPS) is 10.5. The maximum Gasteiger partial charge on any atom is 0.278 e. The minimum absolute atomic E-state index is 0.0278. The third-order valence-electron chi connectivity index (χ3n) is 1.98. The molecule has 0 amide bonds. The van der Waals surface area contributed by atoms with Gasteiger partial charge in [-0.15, -0.1) is 5.10 Å².